The standard InChI is InChI=1S/C42H75N13O13/c1-7-22(4)32(54-33(59)23(5)44)40(66)55-19-11-14-29(55)38(64)53-31(21(2)3)39(65)52-28(20-56)37(63)50-25(13-10-18-47-42(45)46)35(61)48-24(6)34(60)49-26(15-16-30(57)58)36(62)51-27(41(67)68)12-8-9-17-43/h21-29,31-32,56H,7-20,43-44H2,1-6H3,(H,48,61)(H,49,60)(H,50,63)(H,51,62)(H,52,65)(H,53,64)(H,54,59)(H,57,58)(H,67,68)(H4,45,46,47)/t22-,23-,24-,25-,26-,27-,28-,29-,31-,32-/m0/s1. The van der Waals surface area contributed by atoms with E-state index in [0.717, 1.165) is 0 Å². The summed E-state index contributed by atoms with van der Waals surface area (Å²) in [7, 11) is 0. The number of guanidine groups is 1. The molecule has 0 unspecified atom stereocenters. The van der Waals surface area contributed by atoms with Gasteiger partial charge in [0.1, 0.15) is 48.3 Å². The number of unbranched alkanes of at least 4 members (excludes halogenated alkanes) is 1. The average molecular weight is 970 g/mol. The number of nitrogens with two attached hydrogens (primary N) is 4. The van der Waals surface area contributed by atoms with E-state index in [-0.39, 0.29) is 57.2 Å². The molecule has 68 heavy (non-hydrogen) atoms. The van der Waals surface area contributed by atoms with Gasteiger partial charge in [0.25, 0.3) is 0 Å². The van der Waals surface area contributed by atoms with Gasteiger partial charge in [0.15, 0.2) is 5.96 Å². The summed E-state index contributed by atoms with van der Waals surface area (Å²) in [5.74, 6) is -10.3. The van der Waals surface area contributed by atoms with Gasteiger partial charge >= 0.3 is 11.9 Å². The van der Waals surface area contributed by atoms with E-state index in [1.54, 1.807) is 20.8 Å². The lowest BCUT2D eigenvalue weighted by molar-refractivity contribution is -0.143. The third-order valence-corrected chi connectivity index (χ3v) is 11.3. The molecular weight excluding hydrogens is 895 g/mol. The van der Waals surface area contributed by atoms with Gasteiger partial charge in [0, 0.05) is 19.5 Å². The molecule has 1 fully saturated rings. The number of aliphatic hydroxyl groups excluding tert-OH is 1. The summed E-state index contributed by atoms with van der Waals surface area (Å²) in [4.78, 5) is 136. The molecule has 1 heterocycles. The molecule has 26 nitrogen and oxygen atoms in total. The molecule has 0 radical (unpaired) electrons. The van der Waals surface area contributed by atoms with E-state index in [1.807, 2.05) is 6.92 Å². The molecule has 0 spiro atoms. The van der Waals surface area contributed by atoms with Crippen LogP contribution in [-0.4, -0.2) is 166 Å². The third kappa shape index (κ3) is 20.4. The second-order valence-electron chi connectivity index (χ2n) is 17.2. The maximum absolute atomic E-state index is 13.8. The Morgan fingerprint density at radius 2 is 1.24 bits per heavy atom. The first-order valence-electron chi connectivity index (χ1n) is 22.9. The van der Waals surface area contributed by atoms with Gasteiger partial charge in [-0.25, -0.2) is 4.79 Å². The molecule has 8 amide bonds. The van der Waals surface area contributed by atoms with E-state index in [2.05, 4.69) is 42.2 Å². The lowest BCUT2D eigenvalue weighted by Gasteiger charge is -2.33. The van der Waals surface area contributed by atoms with Crippen molar-refractivity contribution in [1.29, 1.82) is 0 Å². The van der Waals surface area contributed by atoms with Crippen LogP contribution in [0.1, 0.15) is 106 Å². The zero-order chi connectivity index (χ0) is 51.8. The van der Waals surface area contributed by atoms with Gasteiger partial charge in [-0.05, 0) is 83.6 Å². The quantitative estimate of drug-likeness (QED) is 0.0177. The molecule has 26 heteroatoms. The Balaban J connectivity index is 3.23. The Morgan fingerprint density at radius 1 is 0.676 bits per heavy atom. The summed E-state index contributed by atoms with van der Waals surface area (Å²) in [5.41, 5.74) is 22.0. The topological polar surface area (TPSA) is 435 Å². The van der Waals surface area contributed by atoms with E-state index in [0.29, 0.717) is 25.7 Å². The van der Waals surface area contributed by atoms with E-state index >= 15 is 0 Å². The molecule has 386 valence electrons. The van der Waals surface area contributed by atoms with Crippen molar-refractivity contribution in [2.75, 3.05) is 26.2 Å². The van der Waals surface area contributed by atoms with Crippen LogP contribution in [0.5, 0.6) is 0 Å². The highest BCUT2D eigenvalue weighted by Gasteiger charge is 2.41. The van der Waals surface area contributed by atoms with Crippen molar-refractivity contribution < 1.29 is 63.3 Å². The minimum absolute atomic E-state index is 0.00172. The minimum Gasteiger partial charge on any atom is -0.481 e. The van der Waals surface area contributed by atoms with Gasteiger partial charge in [-0.15, -0.1) is 0 Å². The Kier molecular flexibility index (Phi) is 26.7. The predicted molar refractivity (Wildman–Crippen MR) is 246 cm³/mol. The summed E-state index contributed by atoms with van der Waals surface area (Å²) in [6.07, 6.45) is 1.03. The highest BCUT2D eigenvalue weighted by atomic mass is 16.4. The summed E-state index contributed by atoms with van der Waals surface area (Å²) < 4.78 is 0. The number of carbonyl (C=O) groups is 10. The van der Waals surface area contributed by atoms with E-state index in [4.69, 9.17) is 22.9 Å². The normalized spacial score (nSPS) is 17.3. The molecule has 18 N–H and O–H groups in total. The second kappa shape index (κ2) is 30.3. The van der Waals surface area contributed by atoms with E-state index < -0.39 is 139 Å². The second-order valence-corrected chi connectivity index (χ2v) is 17.2. The Bertz CT molecular complexity index is 1780. The number of aliphatic imine (C=N–C) groups is 1. The number of hydrogen-bond donors (Lipinski definition) is 14. The average Bonchev–Trinajstić information content (AvgIpc) is 3.77. The van der Waals surface area contributed by atoms with Crippen molar-refractivity contribution in [3.05, 3.63) is 0 Å². The van der Waals surface area contributed by atoms with E-state index in [1.165, 1.54) is 18.7 Å². The van der Waals surface area contributed by atoms with Crippen LogP contribution in [0.15, 0.2) is 4.99 Å². The van der Waals surface area contributed by atoms with E-state index in [9.17, 15) is 63.3 Å². The largest absolute Gasteiger partial charge is 0.481 e. The molecule has 10 atom stereocenters. The van der Waals surface area contributed by atoms with Gasteiger partial charge < -0.3 is 80.4 Å². The summed E-state index contributed by atoms with van der Waals surface area (Å²) in [6.45, 7) is 9.10. The van der Waals surface area contributed by atoms with Crippen molar-refractivity contribution in [2.24, 2.45) is 39.8 Å². The number of amides is 8. The monoisotopic (exact) mass is 970 g/mol. The highest BCUT2D eigenvalue weighted by Crippen LogP contribution is 2.22. The van der Waals surface area contributed by atoms with Gasteiger partial charge in [0.05, 0.1) is 12.6 Å². The fraction of sp³-hybridized carbons (Fsp3) is 0.738. The molecule has 0 bridgehead atoms. The Morgan fingerprint density at radius 3 is 1.78 bits per heavy atom. The van der Waals surface area contributed by atoms with Crippen LogP contribution in [0.25, 0.3) is 0 Å². The Hall–Kier alpha value is -6.15. The van der Waals surface area contributed by atoms with Crippen LogP contribution in [0, 0.1) is 11.8 Å². The third-order valence-electron chi connectivity index (χ3n) is 11.3. The molecule has 0 saturated carbocycles. The van der Waals surface area contributed by atoms with Gasteiger partial charge in [-0.2, -0.15) is 0 Å². The van der Waals surface area contributed by atoms with Crippen LogP contribution in [0.3, 0.4) is 0 Å². The molecule has 0 aromatic heterocycles. The zero-order valence-electron chi connectivity index (χ0n) is 39.9. The fourth-order valence-electron chi connectivity index (χ4n) is 6.97. The zero-order valence-corrected chi connectivity index (χ0v) is 39.9. The minimum atomic E-state index is -1.68. The van der Waals surface area contributed by atoms with Crippen LogP contribution in [0.4, 0.5) is 0 Å². The van der Waals surface area contributed by atoms with Crippen LogP contribution in [0.2, 0.25) is 0 Å². The number of carboxylic acids is 2. The van der Waals surface area contributed by atoms with Crippen molar-refractivity contribution in [1.82, 2.24) is 42.1 Å². The number of likely N-dealkylation sites (tertiary alicyclic amines) is 1. The van der Waals surface area contributed by atoms with Crippen LogP contribution >= 0.6 is 0 Å². The fourth-order valence-corrected chi connectivity index (χ4v) is 6.97. The first kappa shape index (κ1) is 59.9. The lowest BCUT2D eigenvalue weighted by atomic mass is 9.97. The molecule has 1 saturated heterocycles. The van der Waals surface area contributed by atoms with Gasteiger partial charge in [0.2, 0.25) is 47.3 Å². The van der Waals surface area contributed by atoms with Crippen LogP contribution in [-0.2, 0) is 47.9 Å². The smallest absolute Gasteiger partial charge is 0.326 e. The van der Waals surface area contributed by atoms with Gasteiger partial charge in [-0.3, -0.25) is 48.1 Å². The number of hydrogen-bond acceptors (Lipinski definition) is 14. The SMILES string of the molecule is CC[C@H](C)[C@H](NC(=O)[C@H](C)N)C(=O)N1CCC[C@H]1C(=O)N[C@H](C(=O)N[C@@H](CO)C(=O)N[C@@H](CCCN=C(N)N)C(=O)N[C@@H](C)C(=O)N[C@@H](CCC(=O)O)C(=O)N[C@@H](CCCCN)C(=O)O)C(C)C. The number of carboxylic acid groups (broad SMARTS) is 2. The van der Waals surface area contributed by atoms with Crippen LogP contribution < -0.4 is 60.2 Å². The Labute approximate surface area is 396 Å². The van der Waals surface area contributed by atoms with Crippen molar-refractivity contribution in [3.63, 3.8) is 0 Å². The number of nitrogens with one attached hydrogen (secondary N) is 7. The maximum Gasteiger partial charge on any atom is 0.326 e. The first-order valence-corrected chi connectivity index (χ1v) is 22.9. The van der Waals surface area contributed by atoms with Crippen molar-refractivity contribution >= 4 is 65.2 Å². The number of nitrogens with zero attached hydrogens (tertiary/aromatic N) is 2. The van der Waals surface area contributed by atoms with Crippen molar-refractivity contribution in [2.45, 2.75) is 160 Å². The first-order chi connectivity index (χ1) is 31.9. The molecule has 1 aliphatic rings. The summed E-state index contributed by atoms with van der Waals surface area (Å²) in [6, 6.07) is -11.6. The van der Waals surface area contributed by atoms with Crippen molar-refractivity contribution in [3.8, 4) is 0 Å². The number of rotatable bonds is 31. The summed E-state index contributed by atoms with van der Waals surface area (Å²) >= 11 is 0. The summed E-state index contributed by atoms with van der Waals surface area (Å²) in [5, 5.41) is 46.3. The predicted octanol–water partition coefficient (Wildman–Crippen LogP) is -4.44. The number of aliphatic hydroxyl groups is 1. The highest BCUT2D eigenvalue weighted by molar-refractivity contribution is 5.98. The van der Waals surface area contributed by atoms with Gasteiger partial charge in [-0.1, -0.05) is 34.1 Å². The molecule has 1 aliphatic heterocycles. The molecular formula is C42H75N13O13. The number of aliphatic carboxylic acids is 2. The molecule has 0 aliphatic carbocycles. The maximum atomic E-state index is 13.8. The lowest BCUT2D eigenvalue weighted by Crippen LogP contribution is -2.61. The number of carbonyl (C=O) groups excluding carboxylic acids is 8. The molecule has 0 aromatic rings. The molecule has 1 rings (SSSR count). The molecule has 0 aromatic carbocycles.